The fourth-order valence-corrected chi connectivity index (χ4v) is 7.26. The quantitative estimate of drug-likeness (QED) is 0.251. The Balaban J connectivity index is 1.32. The van der Waals surface area contributed by atoms with Crippen molar-refractivity contribution in [2.24, 2.45) is 19.5 Å². The standard InChI is InChI=1S/C36H39ClN6O5/c1-19-22(9-8-12-26(19)40-32(45)25-18-42(4)35(47)43(5)34(25)46)23-10-7-11-24(30(23)37)27-15-20-16-36(2,3)31(29(20)33(41-27)48-6)38-17-21-13-14-28(44)39-21/h7-12,15,18,21,31,38H,13-14,16-17H2,1-6H3,(H,39,44)(H,40,45)/t21-,31+/m0/s1. The number of nitrogens with zero attached hydrogens (tertiary/aromatic N) is 3. The number of hydrogen-bond acceptors (Lipinski definition) is 7. The van der Waals surface area contributed by atoms with E-state index in [-0.39, 0.29) is 29.0 Å². The summed E-state index contributed by atoms with van der Waals surface area (Å²) in [5.41, 5.74) is 4.91. The third-order valence-corrected chi connectivity index (χ3v) is 9.92. The first-order valence-corrected chi connectivity index (χ1v) is 16.3. The van der Waals surface area contributed by atoms with E-state index < -0.39 is 17.2 Å². The molecule has 3 N–H and O–H groups in total. The Bertz CT molecular complexity index is 2080. The number of ether oxygens (including phenoxy) is 1. The molecule has 250 valence electrons. The molecule has 2 atom stereocenters. The van der Waals surface area contributed by atoms with Gasteiger partial charge >= 0.3 is 5.69 Å². The van der Waals surface area contributed by atoms with Gasteiger partial charge in [-0.2, -0.15) is 0 Å². The molecule has 6 rings (SSSR count). The van der Waals surface area contributed by atoms with Crippen molar-refractivity contribution in [1.82, 2.24) is 24.8 Å². The second kappa shape index (κ2) is 12.7. The maximum absolute atomic E-state index is 13.2. The van der Waals surface area contributed by atoms with Crippen LogP contribution >= 0.6 is 11.6 Å². The van der Waals surface area contributed by atoms with Crippen molar-refractivity contribution in [2.75, 3.05) is 19.0 Å². The van der Waals surface area contributed by atoms with Crippen LogP contribution in [0.4, 0.5) is 5.69 Å². The molecule has 0 bridgehead atoms. The lowest BCUT2D eigenvalue weighted by Gasteiger charge is -2.30. The minimum atomic E-state index is -0.676. The number of rotatable bonds is 8. The molecule has 1 saturated heterocycles. The highest BCUT2D eigenvalue weighted by Crippen LogP contribution is 2.50. The fraction of sp³-hybridized carbons (Fsp3) is 0.361. The lowest BCUT2D eigenvalue weighted by molar-refractivity contribution is -0.119. The molecule has 1 aliphatic carbocycles. The van der Waals surface area contributed by atoms with Gasteiger partial charge in [-0.05, 0) is 54.0 Å². The van der Waals surface area contributed by atoms with Crippen LogP contribution in [-0.4, -0.2) is 45.6 Å². The van der Waals surface area contributed by atoms with Gasteiger partial charge in [0.2, 0.25) is 11.8 Å². The molecule has 12 heteroatoms. The number of hydrogen-bond donors (Lipinski definition) is 3. The SMILES string of the molecule is COc1nc(-c2cccc(-c3cccc(NC(=O)c4cn(C)c(=O)n(C)c4=O)c3C)c2Cl)cc2c1[C@@H](NC[C@@H]1CCC(=O)N1)C(C)(C)C2. The van der Waals surface area contributed by atoms with Crippen molar-refractivity contribution in [1.29, 1.82) is 0 Å². The van der Waals surface area contributed by atoms with Crippen LogP contribution in [0.3, 0.4) is 0 Å². The third-order valence-electron chi connectivity index (χ3n) is 9.51. The normalized spacial score (nSPS) is 18.0. The molecule has 48 heavy (non-hydrogen) atoms. The maximum Gasteiger partial charge on any atom is 0.330 e. The average Bonchev–Trinajstić information content (AvgIpc) is 3.59. The van der Waals surface area contributed by atoms with Gasteiger partial charge in [0.25, 0.3) is 11.5 Å². The van der Waals surface area contributed by atoms with Gasteiger partial charge in [0, 0.05) is 67.7 Å². The molecule has 2 aromatic carbocycles. The Morgan fingerprint density at radius 3 is 2.52 bits per heavy atom. The molecule has 0 unspecified atom stereocenters. The number of amides is 2. The second-order valence-corrected chi connectivity index (χ2v) is 13.7. The number of pyridine rings is 1. The zero-order valence-corrected chi connectivity index (χ0v) is 28.6. The predicted octanol–water partition coefficient (Wildman–Crippen LogP) is 4.53. The first-order valence-electron chi connectivity index (χ1n) is 15.9. The van der Waals surface area contributed by atoms with Crippen molar-refractivity contribution in [3.63, 3.8) is 0 Å². The lowest BCUT2D eigenvalue weighted by atomic mass is 9.85. The third kappa shape index (κ3) is 5.92. The molecule has 4 aromatic rings. The van der Waals surface area contributed by atoms with Gasteiger partial charge in [-0.15, -0.1) is 0 Å². The van der Waals surface area contributed by atoms with Gasteiger partial charge < -0.3 is 25.3 Å². The number of carbonyl (C=O) groups excluding carboxylic acids is 2. The molecule has 2 aromatic heterocycles. The first-order chi connectivity index (χ1) is 22.8. The van der Waals surface area contributed by atoms with E-state index in [1.54, 1.807) is 13.2 Å². The molecule has 0 saturated carbocycles. The van der Waals surface area contributed by atoms with E-state index in [0.717, 1.165) is 50.8 Å². The van der Waals surface area contributed by atoms with Crippen molar-refractivity contribution >= 4 is 29.1 Å². The number of anilines is 1. The molecule has 1 aliphatic heterocycles. The van der Waals surface area contributed by atoms with Gasteiger partial charge in [0.15, 0.2) is 0 Å². The van der Waals surface area contributed by atoms with E-state index in [0.29, 0.717) is 35.2 Å². The number of aromatic nitrogens is 3. The zero-order chi connectivity index (χ0) is 34.5. The highest BCUT2D eigenvalue weighted by molar-refractivity contribution is 6.36. The molecule has 11 nitrogen and oxygen atoms in total. The van der Waals surface area contributed by atoms with Crippen LogP contribution in [0.25, 0.3) is 22.4 Å². The average molecular weight is 671 g/mol. The van der Waals surface area contributed by atoms with E-state index in [1.807, 2.05) is 37.3 Å². The number of aryl methyl sites for hydroxylation is 1. The molecular weight excluding hydrogens is 632 g/mol. The van der Waals surface area contributed by atoms with Gasteiger partial charge in [-0.1, -0.05) is 55.8 Å². The number of carbonyl (C=O) groups is 2. The van der Waals surface area contributed by atoms with Crippen LogP contribution < -0.4 is 31.9 Å². The first kappa shape index (κ1) is 33.2. The summed E-state index contributed by atoms with van der Waals surface area (Å²) in [4.78, 5) is 54.7. The van der Waals surface area contributed by atoms with Crippen molar-refractivity contribution in [3.8, 4) is 28.3 Å². The minimum absolute atomic E-state index is 0.00939. The van der Waals surface area contributed by atoms with Gasteiger partial charge in [-0.25, -0.2) is 9.78 Å². The van der Waals surface area contributed by atoms with Crippen LogP contribution in [0.15, 0.2) is 58.3 Å². The fourth-order valence-electron chi connectivity index (χ4n) is 6.94. The van der Waals surface area contributed by atoms with E-state index in [1.165, 1.54) is 24.9 Å². The summed E-state index contributed by atoms with van der Waals surface area (Å²) in [5.74, 6) is 0.00772. The monoisotopic (exact) mass is 670 g/mol. The Kier molecular flexibility index (Phi) is 8.78. The van der Waals surface area contributed by atoms with Crippen molar-refractivity contribution in [2.45, 2.75) is 52.1 Å². The van der Waals surface area contributed by atoms with Crippen molar-refractivity contribution < 1.29 is 14.3 Å². The number of methoxy groups -OCH3 is 1. The summed E-state index contributed by atoms with van der Waals surface area (Å²) in [5, 5.41) is 10.1. The van der Waals surface area contributed by atoms with E-state index in [2.05, 4.69) is 35.9 Å². The van der Waals surface area contributed by atoms with Crippen LogP contribution in [0, 0.1) is 12.3 Å². The predicted molar refractivity (Wildman–Crippen MR) is 186 cm³/mol. The summed E-state index contributed by atoms with van der Waals surface area (Å²) in [6, 6.07) is 13.4. The maximum atomic E-state index is 13.2. The van der Waals surface area contributed by atoms with E-state index in [9.17, 15) is 19.2 Å². The Labute approximate surface area is 283 Å². The topological polar surface area (TPSA) is 136 Å². The number of fused-ring (bicyclic) bond motifs is 1. The Hall–Kier alpha value is -4.74. The zero-order valence-electron chi connectivity index (χ0n) is 27.9. The second-order valence-electron chi connectivity index (χ2n) is 13.3. The summed E-state index contributed by atoms with van der Waals surface area (Å²) >= 11 is 7.15. The highest BCUT2D eigenvalue weighted by atomic mass is 35.5. The molecule has 0 spiro atoms. The minimum Gasteiger partial charge on any atom is -0.481 e. The van der Waals surface area contributed by atoms with Gasteiger partial charge in [-0.3, -0.25) is 19.0 Å². The summed E-state index contributed by atoms with van der Waals surface area (Å²) in [6.45, 7) is 6.97. The highest BCUT2D eigenvalue weighted by Gasteiger charge is 2.42. The Morgan fingerprint density at radius 2 is 1.81 bits per heavy atom. The Morgan fingerprint density at radius 1 is 1.10 bits per heavy atom. The van der Waals surface area contributed by atoms with Crippen LogP contribution in [-0.2, 0) is 25.3 Å². The molecule has 2 amide bonds. The lowest BCUT2D eigenvalue weighted by Crippen LogP contribution is -2.40. The van der Waals surface area contributed by atoms with E-state index >= 15 is 0 Å². The summed E-state index contributed by atoms with van der Waals surface area (Å²) in [6.07, 6.45) is 3.42. The summed E-state index contributed by atoms with van der Waals surface area (Å²) < 4.78 is 7.98. The molecule has 3 heterocycles. The van der Waals surface area contributed by atoms with Crippen LogP contribution in [0.1, 0.15) is 59.8 Å². The molecule has 2 aliphatic rings. The smallest absolute Gasteiger partial charge is 0.330 e. The summed E-state index contributed by atoms with van der Waals surface area (Å²) in [7, 11) is 4.45. The number of nitrogens with one attached hydrogen (secondary N) is 3. The van der Waals surface area contributed by atoms with Gasteiger partial charge in [0.05, 0.1) is 17.8 Å². The van der Waals surface area contributed by atoms with Gasteiger partial charge in [0.1, 0.15) is 5.56 Å². The number of halogens is 1. The van der Waals surface area contributed by atoms with E-state index in [4.69, 9.17) is 21.3 Å². The molecule has 0 radical (unpaired) electrons. The van der Waals surface area contributed by atoms with Crippen LogP contribution in [0.5, 0.6) is 5.88 Å². The van der Waals surface area contributed by atoms with Crippen LogP contribution in [0.2, 0.25) is 5.02 Å². The molecular formula is C36H39ClN6O5. The largest absolute Gasteiger partial charge is 0.481 e. The van der Waals surface area contributed by atoms with Crippen molar-refractivity contribution in [3.05, 3.63) is 96.8 Å². The number of benzene rings is 2. The molecule has 1 fully saturated rings.